The van der Waals surface area contributed by atoms with E-state index in [0.29, 0.717) is 6.04 Å². The number of aliphatic hydroxyl groups is 1. The third kappa shape index (κ3) is 2.53. The van der Waals surface area contributed by atoms with Crippen molar-refractivity contribution in [2.75, 3.05) is 6.61 Å². The molecule has 72 valence electrons. The van der Waals surface area contributed by atoms with Crippen LogP contribution in [0.25, 0.3) is 0 Å². The monoisotopic (exact) mass is 197 g/mol. The molecule has 1 unspecified atom stereocenters. The number of aliphatic hydroxyl groups excluding tert-OH is 1. The van der Waals surface area contributed by atoms with E-state index in [9.17, 15) is 0 Å². The second-order valence-electron chi connectivity index (χ2n) is 3.59. The van der Waals surface area contributed by atoms with E-state index in [1.165, 1.54) is 17.7 Å². The SMILES string of the molecule is OCC(NCc1cccs1)C1CC1. The molecule has 1 aromatic heterocycles. The van der Waals surface area contributed by atoms with Crippen molar-refractivity contribution < 1.29 is 5.11 Å². The van der Waals surface area contributed by atoms with Crippen molar-refractivity contribution in [3.8, 4) is 0 Å². The van der Waals surface area contributed by atoms with Gasteiger partial charge in [-0.05, 0) is 30.2 Å². The molecule has 0 aliphatic heterocycles. The van der Waals surface area contributed by atoms with Crippen LogP contribution in [0.15, 0.2) is 17.5 Å². The van der Waals surface area contributed by atoms with Crippen LogP contribution in [0.2, 0.25) is 0 Å². The van der Waals surface area contributed by atoms with Crippen molar-refractivity contribution in [3.05, 3.63) is 22.4 Å². The van der Waals surface area contributed by atoms with Crippen LogP contribution in [0.5, 0.6) is 0 Å². The zero-order chi connectivity index (χ0) is 9.10. The number of hydrogen-bond acceptors (Lipinski definition) is 3. The third-order valence-electron chi connectivity index (χ3n) is 2.51. The topological polar surface area (TPSA) is 32.3 Å². The molecule has 1 heterocycles. The second-order valence-corrected chi connectivity index (χ2v) is 4.62. The number of rotatable bonds is 5. The Balaban J connectivity index is 1.77. The second kappa shape index (κ2) is 4.22. The zero-order valence-electron chi connectivity index (χ0n) is 7.57. The van der Waals surface area contributed by atoms with Gasteiger partial charge in [0.25, 0.3) is 0 Å². The smallest absolute Gasteiger partial charge is 0.0587 e. The largest absolute Gasteiger partial charge is 0.395 e. The van der Waals surface area contributed by atoms with Crippen LogP contribution in [-0.2, 0) is 6.54 Å². The Labute approximate surface area is 82.6 Å². The lowest BCUT2D eigenvalue weighted by Gasteiger charge is -2.14. The van der Waals surface area contributed by atoms with Crippen LogP contribution in [-0.4, -0.2) is 17.8 Å². The van der Waals surface area contributed by atoms with Gasteiger partial charge in [0.05, 0.1) is 6.61 Å². The zero-order valence-corrected chi connectivity index (χ0v) is 8.39. The van der Waals surface area contributed by atoms with E-state index >= 15 is 0 Å². The molecule has 1 aliphatic rings. The lowest BCUT2D eigenvalue weighted by Crippen LogP contribution is -2.33. The molecule has 2 rings (SSSR count). The van der Waals surface area contributed by atoms with Gasteiger partial charge in [-0.2, -0.15) is 0 Å². The van der Waals surface area contributed by atoms with Gasteiger partial charge in [0, 0.05) is 17.5 Å². The van der Waals surface area contributed by atoms with Crippen LogP contribution < -0.4 is 5.32 Å². The maximum absolute atomic E-state index is 9.11. The molecule has 2 N–H and O–H groups in total. The van der Waals surface area contributed by atoms with E-state index in [4.69, 9.17) is 5.11 Å². The third-order valence-corrected chi connectivity index (χ3v) is 3.38. The van der Waals surface area contributed by atoms with Crippen LogP contribution in [0.3, 0.4) is 0 Å². The van der Waals surface area contributed by atoms with E-state index in [-0.39, 0.29) is 6.61 Å². The van der Waals surface area contributed by atoms with Gasteiger partial charge in [-0.25, -0.2) is 0 Å². The molecule has 0 radical (unpaired) electrons. The van der Waals surface area contributed by atoms with Crippen molar-refractivity contribution >= 4 is 11.3 Å². The van der Waals surface area contributed by atoms with Crippen LogP contribution in [0, 0.1) is 5.92 Å². The van der Waals surface area contributed by atoms with Gasteiger partial charge < -0.3 is 10.4 Å². The average molecular weight is 197 g/mol. The standard InChI is InChI=1S/C10H15NOS/c12-7-10(8-3-4-8)11-6-9-2-1-5-13-9/h1-2,5,8,10-12H,3-4,6-7H2. The maximum atomic E-state index is 9.11. The summed E-state index contributed by atoms with van der Waals surface area (Å²) in [4.78, 5) is 1.35. The highest BCUT2D eigenvalue weighted by molar-refractivity contribution is 7.09. The predicted octanol–water partition coefficient (Wildman–Crippen LogP) is 1.61. The highest BCUT2D eigenvalue weighted by Gasteiger charge is 2.30. The van der Waals surface area contributed by atoms with Gasteiger partial charge in [-0.15, -0.1) is 11.3 Å². The van der Waals surface area contributed by atoms with E-state index in [2.05, 4.69) is 22.8 Å². The van der Waals surface area contributed by atoms with Gasteiger partial charge in [0.1, 0.15) is 0 Å². The molecule has 1 atom stereocenters. The Morgan fingerprint density at radius 3 is 3.00 bits per heavy atom. The summed E-state index contributed by atoms with van der Waals surface area (Å²) in [5.74, 6) is 0.727. The van der Waals surface area contributed by atoms with Crippen LogP contribution in [0.1, 0.15) is 17.7 Å². The number of nitrogens with one attached hydrogen (secondary N) is 1. The minimum Gasteiger partial charge on any atom is -0.395 e. The molecular formula is C10H15NOS. The summed E-state index contributed by atoms with van der Waals surface area (Å²) in [6, 6.07) is 4.51. The molecule has 0 spiro atoms. The Morgan fingerprint density at radius 2 is 2.46 bits per heavy atom. The van der Waals surface area contributed by atoms with E-state index < -0.39 is 0 Å². The molecule has 1 aromatic rings. The summed E-state index contributed by atoms with van der Waals surface area (Å²) in [7, 11) is 0. The van der Waals surface area contributed by atoms with Crippen molar-refractivity contribution in [1.29, 1.82) is 0 Å². The molecule has 3 heteroatoms. The molecular weight excluding hydrogens is 182 g/mol. The number of hydrogen-bond donors (Lipinski definition) is 2. The average Bonchev–Trinajstić information content (AvgIpc) is 2.84. The quantitative estimate of drug-likeness (QED) is 0.751. The lowest BCUT2D eigenvalue weighted by atomic mass is 10.2. The first kappa shape index (κ1) is 9.19. The predicted molar refractivity (Wildman–Crippen MR) is 54.8 cm³/mol. The van der Waals surface area contributed by atoms with Gasteiger partial charge in [-0.3, -0.25) is 0 Å². The molecule has 1 aliphatic carbocycles. The van der Waals surface area contributed by atoms with Crippen LogP contribution >= 0.6 is 11.3 Å². The van der Waals surface area contributed by atoms with Gasteiger partial charge in [0.15, 0.2) is 0 Å². The van der Waals surface area contributed by atoms with Crippen molar-refractivity contribution in [1.82, 2.24) is 5.32 Å². The minimum atomic E-state index is 0.274. The summed E-state index contributed by atoms with van der Waals surface area (Å²) < 4.78 is 0. The molecule has 2 nitrogen and oxygen atoms in total. The Morgan fingerprint density at radius 1 is 1.62 bits per heavy atom. The summed E-state index contributed by atoms with van der Waals surface area (Å²) in [5.41, 5.74) is 0. The van der Waals surface area contributed by atoms with Gasteiger partial charge >= 0.3 is 0 Å². The maximum Gasteiger partial charge on any atom is 0.0587 e. The first-order valence-electron chi connectivity index (χ1n) is 4.77. The molecule has 1 saturated carbocycles. The Kier molecular flexibility index (Phi) is 2.98. The highest BCUT2D eigenvalue weighted by atomic mass is 32.1. The normalized spacial score (nSPS) is 18.8. The summed E-state index contributed by atoms with van der Waals surface area (Å²) in [5, 5.41) is 14.6. The van der Waals surface area contributed by atoms with Crippen molar-refractivity contribution in [3.63, 3.8) is 0 Å². The fourth-order valence-electron chi connectivity index (χ4n) is 1.52. The van der Waals surface area contributed by atoms with Gasteiger partial charge in [0.2, 0.25) is 0 Å². The fourth-order valence-corrected chi connectivity index (χ4v) is 2.18. The fraction of sp³-hybridized carbons (Fsp3) is 0.600. The molecule has 13 heavy (non-hydrogen) atoms. The molecule has 0 bridgehead atoms. The first-order chi connectivity index (χ1) is 6.40. The van der Waals surface area contributed by atoms with E-state index in [1.54, 1.807) is 11.3 Å². The minimum absolute atomic E-state index is 0.274. The molecule has 1 fully saturated rings. The summed E-state index contributed by atoms with van der Waals surface area (Å²) >= 11 is 1.76. The summed E-state index contributed by atoms with van der Waals surface area (Å²) in [6.07, 6.45) is 2.56. The lowest BCUT2D eigenvalue weighted by molar-refractivity contribution is 0.228. The highest BCUT2D eigenvalue weighted by Crippen LogP contribution is 2.32. The van der Waals surface area contributed by atoms with Crippen molar-refractivity contribution in [2.45, 2.75) is 25.4 Å². The number of thiophene rings is 1. The molecule has 0 saturated heterocycles. The molecule has 0 amide bonds. The Hall–Kier alpha value is -0.380. The van der Waals surface area contributed by atoms with E-state index in [0.717, 1.165) is 12.5 Å². The Bertz CT molecular complexity index is 243. The van der Waals surface area contributed by atoms with Crippen LogP contribution in [0.4, 0.5) is 0 Å². The van der Waals surface area contributed by atoms with E-state index in [1.807, 2.05) is 0 Å². The van der Waals surface area contributed by atoms with Crippen molar-refractivity contribution in [2.24, 2.45) is 5.92 Å². The molecule has 0 aromatic carbocycles. The summed E-state index contributed by atoms with van der Waals surface area (Å²) in [6.45, 7) is 1.18. The van der Waals surface area contributed by atoms with Gasteiger partial charge in [-0.1, -0.05) is 6.07 Å². The first-order valence-corrected chi connectivity index (χ1v) is 5.64.